The van der Waals surface area contributed by atoms with Crippen molar-refractivity contribution in [3.05, 3.63) is 11.4 Å². The number of rotatable bonds is 2. The lowest BCUT2D eigenvalue weighted by Gasteiger charge is -1.91. The number of hydrogen-bond acceptors (Lipinski definition) is 2. The van der Waals surface area contributed by atoms with Crippen molar-refractivity contribution in [2.45, 2.75) is 0 Å². The van der Waals surface area contributed by atoms with Crippen LogP contribution in [0.2, 0.25) is 0 Å². The maximum absolute atomic E-state index is 8.67. The van der Waals surface area contributed by atoms with Crippen molar-refractivity contribution in [2.75, 3.05) is 19.6 Å². The van der Waals surface area contributed by atoms with E-state index in [9.17, 15) is 0 Å². The van der Waals surface area contributed by atoms with E-state index < -0.39 is 0 Å². The van der Waals surface area contributed by atoms with Gasteiger partial charge in [-0.25, -0.2) is 0 Å². The van der Waals surface area contributed by atoms with Gasteiger partial charge in [0.15, 0.2) is 5.41 Å². The third-order valence-electron chi connectivity index (χ3n) is 0.546. The van der Waals surface area contributed by atoms with E-state index in [1.807, 2.05) is 12.5 Å². The molecule has 0 aromatic rings. The zero-order valence-electron chi connectivity index (χ0n) is 5.34. The maximum Gasteiger partial charge on any atom is 0.326 e. The molecule has 0 fully saturated rings. The van der Waals surface area contributed by atoms with Crippen LogP contribution < -0.4 is 0 Å². The lowest BCUT2D eigenvalue weighted by Crippen LogP contribution is -1.92. The first-order valence-corrected chi connectivity index (χ1v) is 4.28. The molecule has 0 saturated heterocycles. The molecule has 0 saturated carbocycles. The second kappa shape index (κ2) is 3.66. The summed E-state index contributed by atoms with van der Waals surface area (Å²) in [5, 5.41) is 10.3. The van der Waals surface area contributed by atoms with Crippen molar-refractivity contribution in [3.63, 3.8) is 0 Å². The summed E-state index contributed by atoms with van der Waals surface area (Å²) in [6.45, 7) is 0. The zero-order chi connectivity index (χ0) is 6.57. The van der Waals surface area contributed by atoms with E-state index in [4.69, 9.17) is 5.11 Å². The fourth-order valence-corrected chi connectivity index (χ4v) is 0.749. The van der Waals surface area contributed by atoms with Gasteiger partial charge < -0.3 is 9.84 Å². The quantitative estimate of drug-likeness (QED) is 0.449. The molecule has 0 bridgehead atoms. The second-order valence-corrected chi connectivity index (χ2v) is 3.53. The molecule has 0 unspecified atom stereocenters. The van der Waals surface area contributed by atoms with Crippen molar-refractivity contribution in [1.29, 1.82) is 0 Å². The highest BCUT2D eigenvalue weighted by Gasteiger charge is 1.99. The SMILES string of the molecule is CO/C(O)=C/[S+](C)C. The van der Waals surface area contributed by atoms with Gasteiger partial charge in [-0.05, 0) is 0 Å². The summed E-state index contributed by atoms with van der Waals surface area (Å²) in [7, 11) is 1.56. The van der Waals surface area contributed by atoms with Crippen molar-refractivity contribution in [3.8, 4) is 0 Å². The minimum Gasteiger partial charge on any atom is -0.478 e. The van der Waals surface area contributed by atoms with Gasteiger partial charge in [-0.1, -0.05) is 0 Å². The third kappa shape index (κ3) is 3.87. The fourth-order valence-electron chi connectivity index (χ4n) is 0.250. The Bertz CT molecular complexity index is 88.4. The van der Waals surface area contributed by atoms with Gasteiger partial charge >= 0.3 is 5.95 Å². The summed E-state index contributed by atoms with van der Waals surface area (Å²) >= 11 is 0. The molecule has 8 heavy (non-hydrogen) atoms. The highest BCUT2D eigenvalue weighted by Crippen LogP contribution is 1.93. The summed E-state index contributed by atoms with van der Waals surface area (Å²) in [5.41, 5.74) is 0. The molecule has 0 aliphatic rings. The first kappa shape index (κ1) is 7.69. The Kier molecular flexibility index (Phi) is 3.52. The average molecular weight is 135 g/mol. The van der Waals surface area contributed by atoms with E-state index in [0.717, 1.165) is 0 Å². The van der Waals surface area contributed by atoms with Gasteiger partial charge in [0.2, 0.25) is 0 Å². The van der Waals surface area contributed by atoms with Crippen LogP contribution in [0.5, 0.6) is 0 Å². The molecule has 2 nitrogen and oxygen atoms in total. The Morgan fingerprint density at radius 3 is 2.25 bits per heavy atom. The van der Waals surface area contributed by atoms with Gasteiger partial charge in [-0.3, -0.25) is 0 Å². The minimum absolute atomic E-state index is 0.0123. The number of aliphatic hydroxyl groups is 1. The van der Waals surface area contributed by atoms with Crippen molar-refractivity contribution < 1.29 is 9.84 Å². The molecule has 0 aliphatic heterocycles. The summed E-state index contributed by atoms with van der Waals surface area (Å²) < 4.78 is 4.48. The van der Waals surface area contributed by atoms with Crippen LogP contribution in [0.4, 0.5) is 0 Å². The number of aliphatic hydroxyl groups excluding tert-OH is 1. The Hall–Kier alpha value is -0.310. The standard InChI is InChI=1S/C5H10O2S/c1-7-5(6)4-8(2)3/h4H,1-3H3/p+1/b5-4+. The van der Waals surface area contributed by atoms with E-state index in [2.05, 4.69) is 4.74 Å². The van der Waals surface area contributed by atoms with E-state index in [-0.39, 0.29) is 16.8 Å². The topological polar surface area (TPSA) is 29.5 Å². The Labute approximate surface area is 52.5 Å². The Morgan fingerprint density at radius 2 is 2.12 bits per heavy atom. The van der Waals surface area contributed by atoms with Gasteiger partial charge in [-0.2, -0.15) is 0 Å². The summed E-state index contributed by atoms with van der Waals surface area (Å²) in [5.74, 6) is 0.0123. The molecule has 0 heterocycles. The lowest BCUT2D eigenvalue weighted by molar-refractivity contribution is 0.137. The summed E-state index contributed by atoms with van der Waals surface area (Å²) in [6.07, 6.45) is 3.99. The van der Waals surface area contributed by atoms with Gasteiger partial charge in [0, 0.05) is 10.9 Å². The maximum atomic E-state index is 8.67. The van der Waals surface area contributed by atoms with E-state index >= 15 is 0 Å². The van der Waals surface area contributed by atoms with Gasteiger partial charge in [0.05, 0.1) is 7.11 Å². The number of ether oxygens (including phenoxy) is 1. The van der Waals surface area contributed by atoms with Crippen LogP contribution in [0.15, 0.2) is 11.4 Å². The lowest BCUT2D eigenvalue weighted by atomic mass is 11.0. The first-order chi connectivity index (χ1) is 3.66. The molecule has 0 aliphatic carbocycles. The molecular formula is C5H11O2S+. The molecule has 0 atom stereocenters. The predicted octanol–water partition coefficient (Wildman–Crippen LogP) is 0.868. The van der Waals surface area contributed by atoms with Crippen LogP contribution in [-0.2, 0) is 15.6 Å². The average Bonchev–Trinajstić information content (AvgIpc) is 1.65. The molecule has 0 amide bonds. The number of methoxy groups -OCH3 is 1. The highest BCUT2D eigenvalue weighted by atomic mass is 32.2. The van der Waals surface area contributed by atoms with Crippen LogP contribution in [0, 0.1) is 0 Å². The normalized spacial score (nSPS) is 12.2. The van der Waals surface area contributed by atoms with Gasteiger partial charge in [-0.15, -0.1) is 0 Å². The van der Waals surface area contributed by atoms with Gasteiger partial charge in [0.25, 0.3) is 0 Å². The molecule has 0 aromatic carbocycles. The fraction of sp³-hybridized carbons (Fsp3) is 0.600. The minimum atomic E-state index is 0.0123. The van der Waals surface area contributed by atoms with Crippen LogP contribution in [0.25, 0.3) is 0 Å². The largest absolute Gasteiger partial charge is 0.478 e. The smallest absolute Gasteiger partial charge is 0.326 e. The Balaban J connectivity index is 3.56. The predicted molar refractivity (Wildman–Crippen MR) is 36.9 cm³/mol. The van der Waals surface area contributed by atoms with Crippen LogP contribution >= 0.6 is 0 Å². The third-order valence-corrected chi connectivity index (χ3v) is 1.22. The molecular weight excluding hydrogens is 124 g/mol. The molecule has 3 heteroatoms. The van der Waals surface area contributed by atoms with E-state index in [0.29, 0.717) is 0 Å². The molecule has 48 valence electrons. The monoisotopic (exact) mass is 135 g/mol. The summed E-state index contributed by atoms with van der Waals surface area (Å²) in [4.78, 5) is 0. The Morgan fingerprint density at radius 1 is 1.62 bits per heavy atom. The molecule has 1 N–H and O–H groups in total. The van der Waals surface area contributed by atoms with E-state index in [1.54, 1.807) is 5.41 Å². The molecule has 0 spiro atoms. The summed E-state index contributed by atoms with van der Waals surface area (Å²) in [6, 6.07) is 0. The first-order valence-electron chi connectivity index (χ1n) is 2.18. The van der Waals surface area contributed by atoms with Crippen molar-refractivity contribution in [1.82, 2.24) is 0 Å². The molecule has 0 rings (SSSR count). The van der Waals surface area contributed by atoms with Crippen LogP contribution in [-0.4, -0.2) is 24.7 Å². The zero-order valence-corrected chi connectivity index (χ0v) is 6.16. The second-order valence-electron chi connectivity index (χ2n) is 1.54. The highest BCUT2D eigenvalue weighted by molar-refractivity contribution is 7.98. The number of hydrogen-bond donors (Lipinski definition) is 1. The van der Waals surface area contributed by atoms with Crippen molar-refractivity contribution in [2.24, 2.45) is 0 Å². The van der Waals surface area contributed by atoms with Crippen LogP contribution in [0.3, 0.4) is 0 Å². The van der Waals surface area contributed by atoms with Crippen LogP contribution in [0.1, 0.15) is 0 Å². The molecule has 0 radical (unpaired) electrons. The molecule has 0 aromatic heterocycles. The van der Waals surface area contributed by atoms with E-state index in [1.165, 1.54) is 7.11 Å². The van der Waals surface area contributed by atoms with Crippen molar-refractivity contribution >= 4 is 10.9 Å². The van der Waals surface area contributed by atoms with Gasteiger partial charge in [0.1, 0.15) is 12.5 Å².